The van der Waals surface area contributed by atoms with Gasteiger partial charge in [-0.2, -0.15) is 4.31 Å². The normalized spacial score (nSPS) is 12.7. The molecule has 1 amide bonds. The Kier molecular flexibility index (Phi) is 8.37. The van der Waals surface area contributed by atoms with E-state index in [2.05, 4.69) is 12.2 Å². The van der Waals surface area contributed by atoms with Crippen LogP contribution in [0.25, 0.3) is 0 Å². The summed E-state index contributed by atoms with van der Waals surface area (Å²) in [6.45, 7) is 8.92. The number of benzene rings is 2. The first-order valence-corrected chi connectivity index (χ1v) is 11.6. The van der Waals surface area contributed by atoms with Gasteiger partial charge < -0.3 is 10.6 Å². The molecule has 29 heavy (non-hydrogen) atoms. The summed E-state index contributed by atoms with van der Waals surface area (Å²) in [5, 5.41) is 4.86. The first-order valence-electron chi connectivity index (χ1n) is 10.1. The number of amides is 1. The van der Waals surface area contributed by atoms with Crippen molar-refractivity contribution in [1.82, 2.24) is 4.31 Å². The van der Waals surface area contributed by atoms with Crippen LogP contribution >= 0.6 is 0 Å². The highest BCUT2D eigenvalue weighted by Crippen LogP contribution is 2.18. The molecule has 0 heterocycles. The molecule has 0 unspecified atom stereocenters. The molecular weight excluding hydrogens is 386 g/mol. The number of anilines is 1. The van der Waals surface area contributed by atoms with Gasteiger partial charge in [-0.1, -0.05) is 45.0 Å². The average molecular weight is 419 g/mol. The Labute approximate surface area is 174 Å². The summed E-state index contributed by atoms with van der Waals surface area (Å²) in [7, 11) is -3.45. The molecule has 6 nitrogen and oxygen atoms in total. The smallest absolute Gasteiger partial charge is 0.279 e. The zero-order valence-electron chi connectivity index (χ0n) is 17.7. The van der Waals surface area contributed by atoms with E-state index in [0.29, 0.717) is 18.0 Å². The molecule has 1 atom stereocenters. The van der Waals surface area contributed by atoms with Crippen LogP contribution in [0.3, 0.4) is 0 Å². The van der Waals surface area contributed by atoms with Gasteiger partial charge >= 0.3 is 0 Å². The van der Waals surface area contributed by atoms with Crippen molar-refractivity contribution in [3.8, 4) is 0 Å². The molecule has 0 aliphatic carbocycles. The number of sulfonamides is 1. The maximum atomic E-state index is 12.6. The Bertz CT molecular complexity index is 907. The zero-order valence-corrected chi connectivity index (χ0v) is 18.5. The third kappa shape index (κ3) is 6.13. The topological polar surface area (TPSA) is 83.1 Å². The third-order valence-corrected chi connectivity index (χ3v) is 7.09. The molecule has 2 aromatic rings. The summed E-state index contributed by atoms with van der Waals surface area (Å²) in [4.78, 5) is 12.5. The van der Waals surface area contributed by atoms with E-state index in [9.17, 15) is 13.2 Å². The second kappa shape index (κ2) is 10.5. The van der Waals surface area contributed by atoms with Gasteiger partial charge in [-0.3, -0.25) is 4.79 Å². The van der Waals surface area contributed by atoms with Crippen LogP contribution in [0.15, 0.2) is 53.4 Å². The first-order chi connectivity index (χ1) is 13.8. The zero-order chi connectivity index (χ0) is 21.4. The van der Waals surface area contributed by atoms with Crippen LogP contribution in [-0.2, 0) is 21.2 Å². The van der Waals surface area contributed by atoms with Crippen LogP contribution in [0, 0.1) is 0 Å². The standard InChI is InChI=1S/C22H31N3O3S/c1-5-18-9-8-10-20(15-18)24-22(26)16-23-17(4)19-11-13-21(14-12-19)29(27,28)25(6-2)7-3/h8-15,17,23H,5-7,16H2,1-4H3,(H,24,26)/p+1/t17-/m0/s1. The molecule has 158 valence electrons. The van der Waals surface area contributed by atoms with Gasteiger partial charge in [0.25, 0.3) is 5.91 Å². The van der Waals surface area contributed by atoms with Crippen LogP contribution in [0.1, 0.15) is 44.9 Å². The molecule has 0 aliphatic heterocycles. The van der Waals surface area contributed by atoms with Crippen molar-refractivity contribution in [3.05, 3.63) is 59.7 Å². The lowest BCUT2D eigenvalue weighted by Crippen LogP contribution is -2.86. The van der Waals surface area contributed by atoms with E-state index in [1.165, 1.54) is 9.87 Å². The molecule has 0 radical (unpaired) electrons. The fourth-order valence-electron chi connectivity index (χ4n) is 3.16. The van der Waals surface area contributed by atoms with Crippen LogP contribution in [0.2, 0.25) is 0 Å². The summed E-state index contributed by atoms with van der Waals surface area (Å²) in [5.74, 6) is -0.0640. The average Bonchev–Trinajstić information content (AvgIpc) is 2.73. The van der Waals surface area contributed by atoms with Gasteiger partial charge in [0.05, 0.1) is 4.90 Å². The number of hydrogen-bond donors (Lipinski definition) is 2. The van der Waals surface area contributed by atoms with Gasteiger partial charge in [-0.15, -0.1) is 0 Å². The van der Waals surface area contributed by atoms with E-state index in [1.807, 2.05) is 62.5 Å². The summed E-state index contributed by atoms with van der Waals surface area (Å²) >= 11 is 0. The lowest BCUT2D eigenvalue weighted by atomic mass is 10.1. The molecule has 7 heteroatoms. The largest absolute Gasteiger partial charge is 0.333 e. The van der Waals surface area contributed by atoms with Gasteiger partial charge in [-0.25, -0.2) is 8.42 Å². The lowest BCUT2D eigenvalue weighted by molar-refractivity contribution is -0.682. The van der Waals surface area contributed by atoms with Crippen molar-refractivity contribution in [2.45, 2.75) is 45.1 Å². The Morgan fingerprint density at radius 3 is 2.31 bits per heavy atom. The van der Waals surface area contributed by atoms with Gasteiger partial charge in [0, 0.05) is 24.3 Å². The summed E-state index contributed by atoms with van der Waals surface area (Å²) in [5.41, 5.74) is 2.96. The highest BCUT2D eigenvalue weighted by molar-refractivity contribution is 7.89. The Balaban J connectivity index is 1.95. The SMILES string of the molecule is CCc1cccc(NC(=O)C[NH2+][C@@H](C)c2ccc(S(=O)(=O)N(CC)CC)cc2)c1. The number of nitrogens with one attached hydrogen (secondary N) is 1. The van der Waals surface area contributed by atoms with Gasteiger partial charge in [-0.05, 0) is 43.2 Å². The lowest BCUT2D eigenvalue weighted by Gasteiger charge is -2.19. The molecular formula is C22H32N3O3S+. The Morgan fingerprint density at radius 1 is 1.07 bits per heavy atom. The summed E-state index contributed by atoms with van der Waals surface area (Å²) < 4.78 is 26.6. The van der Waals surface area contributed by atoms with Crippen LogP contribution in [-0.4, -0.2) is 38.3 Å². The molecule has 2 rings (SSSR count). The number of nitrogens with zero attached hydrogens (tertiary/aromatic N) is 1. The van der Waals surface area contributed by atoms with Crippen molar-refractivity contribution in [3.63, 3.8) is 0 Å². The summed E-state index contributed by atoms with van der Waals surface area (Å²) in [6.07, 6.45) is 0.923. The second-order valence-corrected chi connectivity index (χ2v) is 8.93. The predicted octanol–water partition coefficient (Wildman–Crippen LogP) is 2.54. The quantitative estimate of drug-likeness (QED) is 0.622. The number of quaternary nitrogens is 1. The number of rotatable bonds is 10. The molecule has 0 saturated heterocycles. The van der Waals surface area contributed by atoms with Crippen molar-refractivity contribution >= 4 is 21.6 Å². The minimum atomic E-state index is -3.45. The van der Waals surface area contributed by atoms with Crippen molar-refractivity contribution in [1.29, 1.82) is 0 Å². The molecule has 2 aromatic carbocycles. The first kappa shape index (κ1) is 23.1. The molecule has 0 spiro atoms. The molecule has 0 aromatic heterocycles. The number of carbonyl (C=O) groups excluding carboxylic acids is 1. The highest BCUT2D eigenvalue weighted by atomic mass is 32.2. The fraction of sp³-hybridized carbons (Fsp3) is 0.409. The number of nitrogens with two attached hydrogens (primary N) is 1. The van der Waals surface area contributed by atoms with E-state index in [1.54, 1.807) is 12.1 Å². The monoisotopic (exact) mass is 418 g/mol. The number of carbonyl (C=O) groups is 1. The maximum absolute atomic E-state index is 12.6. The predicted molar refractivity (Wildman–Crippen MR) is 116 cm³/mol. The number of hydrogen-bond acceptors (Lipinski definition) is 3. The molecule has 0 bridgehead atoms. The minimum absolute atomic E-state index is 0.0351. The van der Waals surface area contributed by atoms with E-state index in [0.717, 1.165) is 17.7 Å². The molecule has 0 saturated carbocycles. The van der Waals surface area contributed by atoms with Gasteiger partial charge in [0.2, 0.25) is 10.0 Å². The van der Waals surface area contributed by atoms with E-state index in [4.69, 9.17) is 0 Å². The van der Waals surface area contributed by atoms with Gasteiger partial charge in [0.1, 0.15) is 6.04 Å². The minimum Gasteiger partial charge on any atom is -0.333 e. The Hall–Kier alpha value is -2.22. The van der Waals surface area contributed by atoms with Crippen molar-refractivity contribution < 1.29 is 18.5 Å². The Morgan fingerprint density at radius 2 is 1.72 bits per heavy atom. The van der Waals surface area contributed by atoms with Crippen LogP contribution < -0.4 is 10.6 Å². The summed E-state index contributed by atoms with van der Waals surface area (Å²) in [6, 6.07) is 14.8. The van der Waals surface area contributed by atoms with E-state index >= 15 is 0 Å². The number of aryl methyl sites for hydroxylation is 1. The van der Waals surface area contributed by atoms with Gasteiger partial charge in [0.15, 0.2) is 6.54 Å². The highest BCUT2D eigenvalue weighted by Gasteiger charge is 2.22. The van der Waals surface area contributed by atoms with Crippen molar-refractivity contribution in [2.24, 2.45) is 0 Å². The molecule has 3 N–H and O–H groups in total. The molecule has 0 fully saturated rings. The van der Waals surface area contributed by atoms with Crippen LogP contribution in [0.4, 0.5) is 5.69 Å². The third-order valence-electron chi connectivity index (χ3n) is 5.02. The van der Waals surface area contributed by atoms with Crippen molar-refractivity contribution in [2.75, 3.05) is 25.0 Å². The molecule has 0 aliphatic rings. The van der Waals surface area contributed by atoms with Crippen LogP contribution in [0.5, 0.6) is 0 Å². The van der Waals surface area contributed by atoms with E-state index in [-0.39, 0.29) is 18.5 Å². The maximum Gasteiger partial charge on any atom is 0.279 e. The second-order valence-electron chi connectivity index (χ2n) is 6.99. The van der Waals surface area contributed by atoms with E-state index < -0.39 is 10.0 Å². The fourth-order valence-corrected chi connectivity index (χ4v) is 4.61.